The van der Waals surface area contributed by atoms with Gasteiger partial charge in [0.15, 0.2) is 0 Å². The highest BCUT2D eigenvalue weighted by atomic mass is 16.6. The van der Waals surface area contributed by atoms with Gasteiger partial charge < -0.3 is 19.8 Å². The minimum atomic E-state index is -0.420. The van der Waals surface area contributed by atoms with E-state index in [1.165, 1.54) is 4.90 Å². The summed E-state index contributed by atoms with van der Waals surface area (Å²) in [4.78, 5) is 13.7. The van der Waals surface area contributed by atoms with Gasteiger partial charge in [-0.1, -0.05) is 56.5 Å². The second-order valence-corrected chi connectivity index (χ2v) is 7.55. The van der Waals surface area contributed by atoms with Crippen molar-refractivity contribution in [2.24, 2.45) is 0 Å². The van der Waals surface area contributed by atoms with Crippen LogP contribution < -0.4 is 0 Å². The number of ether oxygens (including phenoxy) is 1. The number of carbonyl (C=O) groups is 1. The van der Waals surface area contributed by atoms with E-state index in [0.29, 0.717) is 17.7 Å². The molecule has 5 heteroatoms. The molecule has 0 aromatic heterocycles. The molecule has 0 aliphatic carbocycles. The Labute approximate surface area is 173 Å². The van der Waals surface area contributed by atoms with Gasteiger partial charge in [-0.25, -0.2) is 4.79 Å². The molecule has 5 nitrogen and oxygen atoms in total. The normalized spacial score (nSPS) is 10.8. The summed E-state index contributed by atoms with van der Waals surface area (Å²) in [5, 5.41) is 21.8. The Bertz CT molecular complexity index is 832. The zero-order chi connectivity index (χ0) is 21.4. The molecule has 0 aliphatic rings. The molecule has 0 bridgehead atoms. The van der Waals surface area contributed by atoms with Gasteiger partial charge in [0.2, 0.25) is 0 Å². The molecule has 0 aliphatic heterocycles. The summed E-state index contributed by atoms with van der Waals surface area (Å²) in [6.07, 6.45) is 4.17. The molecule has 0 saturated heterocycles. The first-order chi connectivity index (χ1) is 13.9. The number of phenols is 2. The van der Waals surface area contributed by atoms with Crippen LogP contribution in [0.4, 0.5) is 4.79 Å². The summed E-state index contributed by atoms with van der Waals surface area (Å²) < 4.78 is 5.21. The first-order valence-corrected chi connectivity index (χ1v) is 10.4. The van der Waals surface area contributed by atoms with Crippen LogP contribution in [0.15, 0.2) is 30.3 Å². The number of nitrogens with zero attached hydrogens (tertiary/aromatic N) is 1. The highest BCUT2D eigenvalue weighted by Crippen LogP contribution is 2.42. The molecule has 2 aromatic carbocycles. The maximum atomic E-state index is 12.2. The molecule has 1 amide bonds. The Balaban J connectivity index is 2.46. The van der Waals surface area contributed by atoms with Gasteiger partial charge in [0.1, 0.15) is 11.5 Å². The Kier molecular flexibility index (Phi) is 8.37. The van der Waals surface area contributed by atoms with Crippen molar-refractivity contribution < 1.29 is 19.7 Å². The second-order valence-electron chi connectivity index (χ2n) is 7.55. The Hall–Kier alpha value is -2.69. The van der Waals surface area contributed by atoms with Gasteiger partial charge in [0, 0.05) is 12.6 Å². The van der Waals surface area contributed by atoms with Gasteiger partial charge in [-0.15, -0.1) is 0 Å². The van der Waals surface area contributed by atoms with E-state index in [-0.39, 0.29) is 18.0 Å². The average molecular weight is 400 g/mol. The molecular weight excluding hydrogens is 366 g/mol. The third-order valence-corrected chi connectivity index (χ3v) is 4.97. The SMILES string of the molecule is CCCCCc1cc(O)c(-c2cccc(C)c2)c(O)c1CN(C)C(=O)OCCC. The van der Waals surface area contributed by atoms with Crippen molar-refractivity contribution in [2.45, 2.75) is 59.4 Å². The van der Waals surface area contributed by atoms with E-state index in [2.05, 4.69) is 6.92 Å². The lowest BCUT2D eigenvalue weighted by Gasteiger charge is -2.22. The second kappa shape index (κ2) is 10.7. The molecule has 2 aromatic rings. The predicted octanol–water partition coefficient (Wildman–Crippen LogP) is 5.78. The molecule has 0 heterocycles. The number of carbonyl (C=O) groups excluding carboxylic acids is 1. The summed E-state index contributed by atoms with van der Waals surface area (Å²) in [6, 6.07) is 9.38. The van der Waals surface area contributed by atoms with Crippen LogP contribution in [0.5, 0.6) is 11.5 Å². The van der Waals surface area contributed by atoms with Gasteiger partial charge in [-0.2, -0.15) is 0 Å². The lowest BCUT2D eigenvalue weighted by molar-refractivity contribution is 0.109. The van der Waals surface area contributed by atoms with Crippen LogP contribution in [0.1, 0.15) is 56.2 Å². The molecule has 2 rings (SSSR count). The summed E-state index contributed by atoms with van der Waals surface area (Å²) in [6.45, 7) is 6.62. The minimum absolute atomic E-state index is 0.0252. The number of phenolic OH excluding ortho intramolecular Hbond substituents is 2. The van der Waals surface area contributed by atoms with Crippen LogP contribution in [0.3, 0.4) is 0 Å². The Morgan fingerprint density at radius 1 is 1.10 bits per heavy atom. The highest BCUT2D eigenvalue weighted by molar-refractivity contribution is 5.79. The van der Waals surface area contributed by atoms with Gasteiger partial charge >= 0.3 is 6.09 Å². The van der Waals surface area contributed by atoms with E-state index < -0.39 is 6.09 Å². The van der Waals surface area contributed by atoms with Crippen LogP contribution in [0.25, 0.3) is 11.1 Å². The summed E-state index contributed by atoms with van der Waals surface area (Å²) >= 11 is 0. The molecule has 0 unspecified atom stereocenters. The Morgan fingerprint density at radius 3 is 2.52 bits per heavy atom. The van der Waals surface area contributed by atoms with Crippen LogP contribution >= 0.6 is 0 Å². The maximum Gasteiger partial charge on any atom is 0.409 e. The van der Waals surface area contributed by atoms with Crippen molar-refractivity contribution in [3.05, 3.63) is 47.0 Å². The number of aryl methyl sites for hydroxylation is 2. The van der Waals surface area contributed by atoms with Gasteiger partial charge in [0.05, 0.1) is 18.7 Å². The number of hydrogen-bond donors (Lipinski definition) is 2. The number of rotatable bonds is 9. The largest absolute Gasteiger partial charge is 0.507 e. The first-order valence-electron chi connectivity index (χ1n) is 10.4. The smallest absolute Gasteiger partial charge is 0.409 e. The molecule has 0 saturated carbocycles. The van der Waals surface area contributed by atoms with E-state index >= 15 is 0 Å². The van der Waals surface area contributed by atoms with Gasteiger partial charge in [-0.3, -0.25) is 0 Å². The molecule has 158 valence electrons. The number of unbranched alkanes of at least 4 members (excludes halogenated alkanes) is 2. The number of aromatic hydroxyl groups is 2. The van der Waals surface area contributed by atoms with Crippen LogP contribution in [0.2, 0.25) is 0 Å². The lowest BCUT2D eigenvalue weighted by atomic mass is 9.92. The Morgan fingerprint density at radius 2 is 1.86 bits per heavy atom. The van der Waals surface area contributed by atoms with E-state index in [0.717, 1.165) is 48.8 Å². The fourth-order valence-corrected chi connectivity index (χ4v) is 3.40. The van der Waals surface area contributed by atoms with E-state index in [1.54, 1.807) is 13.1 Å². The monoisotopic (exact) mass is 399 g/mol. The highest BCUT2D eigenvalue weighted by Gasteiger charge is 2.22. The fraction of sp³-hybridized carbons (Fsp3) is 0.458. The van der Waals surface area contributed by atoms with Crippen LogP contribution in [-0.2, 0) is 17.7 Å². The maximum absolute atomic E-state index is 12.2. The summed E-state index contributed by atoms with van der Waals surface area (Å²) in [7, 11) is 1.66. The predicted molar refractivity (Wildman–Crippen MR) is 116 cm³/mol. The van der Waals surface area contributed by atoms with E-state index in [1.807, 2.05) is 38.1 Å². The number of benzene rings is 2. The lowest BCUT2D eigenvalue weighted by Crippen LogP contribution is -2.27. The van der Waals surface area contributed by atoms with Gasteiger partial charge in [-0.05, 0) is 43.4 Å². The zero-order valence-electron chi connectivity index (χ0n) is 18.0. The van der Waals surface area contributed by atoms with Crippen LogP contribution in [-0.4, -0.2) is 34.9 Å². The molecule has 0 atom stereocenters. The molecular formula is C24H33NO4. The van der Waals surface area contributed by atoms with Crippen molar-refractivity contribution in [2.75, 3.05) is 13.7 Å². The quantitative estimate of drug-likeness (QED) is 0.524. The first kappa shape index (κ1) is 22.6. The molecule has 2 N–H and O–H groups in total. The van der Waals surface area contributed by atoms with E-state index in [9.17, 15) is 15.0 Å². The molecule has 0 spiro atoms. The standard InChI is InChI=1S/C24H33NO4/c1-5-7-8-11-18-15-21(26)22(19-12-9-10-17(3)14-19)23(27)20(18)16-25(4)24(28)29-13-6-2/h9-10,12,14-15,26-27H,5-8,11,13,16H2,1-4H3. The number of hydrogen-bond acceptors (Lipinski definition) is 4. The zero-order valence-corrected chi connectivity index (χ0v) is 18.0. The fourth-order valence-electron chi connectivity index (χ4n) is 3.40. The van der Waals surface area contributed by atoms with E-state index in [4.69, 9.17) is 4.74 Å². The minimum Gasteiger partial charge on any atom is -0.507 e. The molecule has 29 heavy (non-hydrogen) atoms. The van der Waals surface area contributed by atoms with Crippen molar-refractivity contribution >= 4 is 6.09 Å². The molecule has 0 radical (unpaired) electrons. The third-order valence-electron chi connectivity index (χ3n) is 4.97. The van der Waals surface area contributed by atoms with Crippen molar-refractivity contribution in [1.82, 2.24) is 4.90 Å². The summed E-state index contributed by atoms with van der Waals surface area (Å²) in [5.74, 6) is 0.0804. The van der Waals surface area contributed by atoms with Gasteiger partial charge in [0.25, 0.3) is 0 Å². The average Bonchev–Trinajstić information content (AvgIpc) is 2.68. The van der Waals surface area contributed by atoms with Crippen LogP contribution in [0, 0.1) is 6.92 Å². The topological polar surface area (TPSA) is 70.0 Å². The van der Waals surface area contributed by atoms with Crippen molar-refractivity contribution in [3.63, 3.8) is 0 Å². The molecule has 0 fully saturated rings. The summed E-state index contributed by atoms with van der Waals surface area (Å²) in [5.41, 5.74) is 3.71. The van der Waals surface area contributed by atoms with Crippen molar-refractivity contribution in [1.29, 1.82) is 0 Å². The van der Waals surface area contributed by atoms with Crippen molar-refractivity contribution in [3.8, 4) is 22.6 Å². The third kappa shape index (κ3) is 5.89. The number of amides is 1.